The minimum absolute atomic E-state index is 0.0972. The maximum absolute atomic E-state index is 13.4. The van der Waals surface area contributed by atoms with Crippen LogP contribution in [0.3, 0.4) is 0 Å². The molecular weight excluding hydrogens is 264 g/mol. The van der Waals surface area contributed by atoms with Crippen molar-refractivity contribution in [3.8, 4) is 11.4 Å². The number of nitrogen functional groups attached to an aromatic ring is 1. The molecule has 0 spiro atoms. The van der Waals surface area contributed by atoms with Crippen molar-refractivity contribution in [1.29, 1.82) is 0 Å². The Morgan fingerprint density at radius 2 is 2.05 bits per heavy atom. The third-order valence-electron chi connectivity index (χ3n) is 3.62. The van der Waals surface area contributed by atoms with Crippen molar-refractivity contribution in [3.63, 3.8) is 0 Å². The quantitative estimate of drug-likeness (QED) is 0.873. The highest BCUT2D eigenvalue weighted by Gasteiger charge is 2.26. The summed E-state index contributed by atoms with van der Waals surface area (Å²) < 4.78 is 28.1. The van der Waals surface area contributed by atoms with Crippen molar-refractivity contribution in [2.45, 2.75) is 32.2 Å². The minimum atomic E-state index is -0.976. The van der Waals surface area contributed by atoms with Crippen LogP contribution in [0.4, 0.5) is 14.5 Å². The molecule has 5 nitrogen and oxygen atoms in total. The molecule has 1 saturated carbocycles. The number of tetrazole rings is 1. The highest BCUT2D eigenvalue weighted by atomic mass is 19.2. The molecule has 0 radical (unpaired) electrons. The van der Waals surface area contributed by atoms with Gasteiger partial charge in [0.05, 0.1) is 6.04 Å². The molecule has 7 heteroatoms. The average Bonchev–Trinajstić information content (AvgIpc) is 3.07. The number of rotatable bonds is 4. The van der Waals surface area contributed by atoms with Crippen molar-refractivity contribution in [1.82, 2.24) is 20.2 Å². The van der Waals surface area contributed by atoms with E-state index in [1.54, 1.807) is 4.68 Å². The molecule has 2 N–H and O–H groups in total. The topological polar surface area (TPSA) is 69.6 Å². The first kappa shape index (κ1) is 13.0. The van der Waals surface area contributed by atoms with E-state index in [9.17, 15) is 8.78 Å². The zero-order valence-corrected chi connectivity index (χ0v) is 11.1. The van der Waals surface area contributed by atoms with Gasteiger partial charge >= 0.3 is 0 Å². The number of aromatic nitrogens is 4. The lowest BCUT2D eigenvalue weighted by Crippen LogP contribution is -2.11. The first-order chi connectivity index (χ1) is 9.56. The van der Waals surface area contributed by atoms with Crippen LogP contribution >= 0.6 is 0 Å². The molecule has 1 heterocycles. The van der Waals surface area contributed by atoms with Crippen molar-refractivity contribution < 1.29 is 8.78 Å². The molecule has 2 aromatic rings. The number of anilines is 1. The molecule has 1 atom stereocenters. The molecule has 1 aromatic heterocycles. The monoisotopic (exact) mass is 279 g/mol. The summed E-state index contributed by atoms with van der Waals surface area (Å²) in [5.41, 5.74) is 6.19. The fraction of sp³-hybridized carbons (Fsp3) is 0.462. The van der Waals surface area contributed by atoms with Crippen molar-refractivity contribution in [3.05, 3.63) is 23.8 Å². The van der Waals surface area contributed by atoms with E-state index in [1.165, 1.54) is 12.8 Å². The number of nitrogens with two attached hydrogens (primary N) is 1. The Labute approximate surface area is 114 Å². The Kier molecular flexibility index (Phi) is 3.11. The standard InChI is InChI=1S/C13H15F2N5/c1-7(4-8-2-3-8)20-13(17-18-19-20)9-5-10(14)11(15)6-12(9)16/h5-8H,2-4,16H2,1H3. The maximum Gasteiger partial charge on any atom is 0.184 e. The zero-order chi connectivity index (χ0) is 14.3. The average molecular weight is 279 g/mol. The number of nitrogens with zero attached hydrogens (tertiary/aromatic N) is 4. The second-order valence-corrected chi connectivity index (χ2v) is 5.33. The molecule has 106 valence electrons. The van der Waals surface area contributed by atoms with Gasteiger partial charge in [-0.1, -0.05) is 12.8 Å². The normalized spacial score (nSPS) is 16.4. The summed E-state index contributed by atoms with van der Waals surface area (Å²) in [6.07, 6.45) is 3.44. The van der Waals surface area contributed by atoms with Gasteiger partial charge in [-0.15, -0.1) is 5.10 Å². The van der Waals surface area contributed by atoms with Crippen LogP contribution in [0.2, 0.25) is 0 Å². The summed E-state index contributed by atoms with van der Waals surface area (Å²) >= 11 is 0. The van der Waals surface area contributed by atoms with Gasteiger partial charge in [-0.3, -0.25) is 0 Å². The molecule has 1 aliphatic carbocycles. The van der Waals surface area contributed by atoms with Gasteiger partial charge < -0.3 is 5.73 Å². The van der Waals surface area contributed by atoms with E-state index in [4.69, 9.17) is 5.73 Å². The van der Waals surface area contributed by atoms with E-state index in [0.29, 0.717) is 17.3 Å². The van der Waals surface area contributed by atoms with Gasteiger partial charge in [0.15, 0.2) is 17.5 Å². The SMILES string of the molecule is CC(CC1CC1)n1nnnc1-c1cc(F)c(F)cc1N. The third-order valence-corrected chi connectivity index (χ3v) is 3.62. The molecular formula is C13H15F2N5. The van der Waals surface area contributed by atoms with Gasteiger partial charge in [-0.25, -0.2) is 13.5 Å². The molecule has 20 heavy (non-hydrogen) atoms. The van der Waals surface area contributed by atoms with Crippen molar-refractivity contribution in [2.75, 3.05) is 5.73 Å². The number of hydrogen-bond acceptors (Lipinski definition) is 4. The van der Waals surface area contributed by atoms with E-state index in [-0.39, 0.29) is 11.7 Å². The summed E-state index contributed by atoms with van der Waals surface area (Å²) in [4.78, 5) is 0. The molecule has 0 aliphatic heterocycles. The van der Waals surface area contributed by atoms with Crippen LogP contribution in [0.1, 0.15) is 32.2 Å². The maximum atomic E-state index is 13.4. The molecule has 1 aliphatic rings. The summed E-state index contributed by atoms with van der Waals surface area (Å²) in [7, 11) is 0. The molecule has 3 rings (SSSR count). The summed E-state index contributed by atoms with van der Waals surface area (Å²) in [5, 5.41) is 11.5. The van der Waals surface area contributed by atoms with E-state index in [1.807, 2.05) is 6.92 Å². The largest absolute Gasteiger partial charge is 0.398 e. The van der Waals surface area contributed by atoms with Crippen molar-refractivity contribution in [2.24, 2.45) is 5.92 Å². The Hall–Kier alpha value is -2.05. The van der Waals surface area contributed by atoms with Crippen LogP contribution in [-0.2, 0) is 0 Å². The second kappa shape index (κ2) is 4.81. The van der Waals surface area contributed by atoms with Gasteiger partial charge in [0.2, 0.25) is 0 Å². The van der Waals surface area contributed by atoms with Crippen LogP contribution in [0.5, 0.6) is 0 Å². The molecule has 1 aromatic carbocycles. The molecule has 1 unspecified atom stereocenters. The highest BCUT2D eigenvalue weighted by Crippen LogP contribution is 2.37. The van der Waals surface area contributed by atoms with E-state index >= 15 is 0 Å². The third kappa shape index (κ3) is 2.35. The highest BCUT2D eigenvalue weighted by molar-refractivity contribution is 5.71. The van der Waals surface area contributed by atoms with Gasteiger partial charge in [-0.2, -0.15) is 0 Å². The molecule has 0 amide bonds. The number of benzene rings is 1. The molecule has 1 fully saturated rings. The smallest absolute Gasteiger partial charge is 0.184 e. The second-order valence-electron chi connectivity index (χ2n) is 5.33. The van der Waals surface area contributed by atoms with Crippen LogP contribution in [0, 0.1) is 17.6 Å². The Morgan fingerprint density at radius 3 is 2.75 bits per heavy atom. The Bertz CT molecular complexity index is 636. The molecule has 0 saturated heterocycles. The first-order valence-corrected chi connectivity index (χ1v) is 6.59. The summed E-state index contributed by atoms with van der Waals surface area (Å²) in [5.74, 6) is -0.853. The first-order valence-electron chi connectivity index (χ1n) is 6.59. The summed E-state index contributed by atoms with van der Waals surface area (Å²) in [6.45, 7) is 2.01. The van der Waals surface area contributed by atoms with E-state index < -0.39 is 11.6 Å². The predicted molar refractivity (Wildman–Crippen MR) is 69.6 cm³/mol. The van der Waals surface area contributed by atoms with Crippen LogP contribution in [0.25, 0.3) is 11.4 Å². The zero-order valence-electron chi connectivity index (χ0n) is 11.1. The fourth-order valence-corrected chi connectivity index (χ4v) is 2.36. The van der Waals surface area contributed by atoms with Crippen LogP contribution in [0.15, 0.2) is 12.1 Å². The molecule has 0 bridgehead atoms. The summed E-state index contributed by atoms with van der Waals surface area (Å²) in [6, 6.07) is 2.09. The van der Waals surface area contributed by atoms with Crippen LogP contribution < -0.4 is 5.73 Å². The van der Waals surface area contributed by atoms with E-state index in [2.05, 4.69) is 15.5 Å². The Morgan fingerprint density at radius 1 is 1.35 bits per heavy atom. The van der Waals surface area contributed by atoms with Gasteiger partial charge in [0.25, 0.3) is 0 Å². The lowest BCUT2D eigenvalue weighted by atomic mass is 10.1. The number of hydrogen-bond donors (Lipinski definition) is 1. The Balaban J connectivity index is 1.98. The van der Waals surface area contributed by atoms with Crippen LogP contribution in [-0.4, -0.2) is 20.2 Å². The van der Waals surface area contributed by atoms with Gasteiger partial charge in [0, 0.05) is 17.3 Å². The van der Waals surface area contributed by atoms with Gasteiger partial charge in [0.1, 0.15) is 0 Å². The van der Waals surface area contributed by atoms with Gasteiger partial charge in [-0.05, 0) is 35.8 Å². The van der Waals surface area contributed by atoms with E-state index in [0.717, 1.165) is 18.6 Å². The minimum Gasteiger partial charge on any atom is -0.398 e. The fourth-order valence-electron chi connectivity index (χ4n) is 2.36. The number of halogens is 2. The lowest BCUT2D eigenvalue weighted by molar-refractivity contribution is 0.430. The van der Waals surface area contributed by atoms with Crippen molar-refractivity contribution >= 4 is 5.69 Å². The predicted octanol–water partition coefficient (Wildman–Crippen LogP) is 2.56. The lowest BCUT2D eigenvalue weighted by Gasteiger charge is -2.14.